The summed E-state index contributed by atoms with van der Waals surface area (Å²) >= 11 is 0. The molecule has 6 nitrogen and oxygen atoms in total. The van der Waals surface area contributed by atoms with E-state index in [1.807, 2.05) is 37.3 Å². The zero-order chi connectivity index (χ0) is 24.7. The molecule has 6 heteroatoms. The number of aliphatic hydroxyl groups excluding tert-OH is 1. The molecule has 2 aromatic rings. The van der Waals surface area contributed by atoms with Crippen molar-refractivity contribution >= 4 is 17.4 Å². The standard InChI is InChI=1S/C28H34N2O4/c1-5-19-34-23-15-13-22(14-16-23)26(31)24-25(20(4)21-11-9-8-10-12-21)30(28(33)27(24)32)18-17-29(6-2)7-3/h5,8-16,20,25,31H,1,6-7,17-19H2,2-4H3/b26-24+. The Bertz CT molecular complexity index is 1030. The summed E-state index contributed by atoms with van der Waals surface area (Å²) in [5.74, 6) is -0.915. The Balaban J connectivity index is 2.02. The van der Waals surface area contributed by atoms with Crippen molar-refractivity contribution in [2.24, 2.45) is 0 Å². The van der Waals surface area contributed by atoms with Gasteiger partial charge < -0.3 is 19.6 Å². The smallest absolute Gasteiger partial charge is 0.295 e. The van der Waals surface area contributed by atoms with Crippen molar-refractivity contribution in [3.63, 3.8) is 0 Å². The predicted octanol–water partition coefficient (Wildman–Crippen LogP) is 4.45. The van der Waals surface area contributed by atoms with Crippen LogP contribution in [0.25, 0.3) is 5.76 Å². The van der Waals surface area contributed by atoms with Gasteiger partial charge in [0, 0.05) is 24.6 Å². The van der Waals surface area contributed by atoms with Crippen LogP contribution in [0, 0.1) is 0 Å². The van der Waals surface area contributed by atoms with E-state index in [-0.39, 0.29) is 17.3 Å². The molecular formula is C28H34N2O4. The van der Waals surface area contributed by atoms with Crippen LogP contribution in [-0.4, -0.2) is 65.4 Å². The molecule has 2 unspecified atom stereocenters. The van der Waals surface area contributed by atoms with Gasteiger partial charge in [-0.2, -0.15) is 0 Å². The van der Waals surface area contributed by atoms with Gasteiger partial charge in [0.25, 0.3) is 11.7 Å². The minimum atomic E-state index is -0.642. The van der Waals surface area contributed by atoms with E-state index in [1.165, 1.54) is 0 Å². The molecule has 1 aliphatic heterocycles. The zero-order valence-corrected chi connectivity index (χ0v) is 20.2. The van der Waals surface area contributed by atoms with Crippen LogP contribution in [-0.2, 0) is 9.59 Å². The first-order valence-corrected chi connectivity index (χ1v) is 11.8. The molecule has 34 heavy (non-hydrogen) atoms. The lowest BCUT2D eigenvalue weighted by molar-refractivity contribution is -0.140. The van der Waals surface area contributed by atoms with E-state index in [2.05, 4.69) is 25.3 Å². The lowest BCUT2D eigenvalue weighted by atomic mass is 9.87. The molecule has 2 aromatic carbocycles. The SMILES string of the molecule is C=CCOc1ccc(/C(O)=C2\C(=O)C(=O)N(CCN(CC)CC)C2C(C)c2ccccc2)cc1. The van der Waals surface area contributed by atoms with Gasteiger partial charge in [-0.1, -0.05) is 63.8 Å². The average Bonchev–Trinajstić information content (AvgIpc) is 3.13. The number of nitrogens with zero attached hydrogens (tertiary/aromatic N) is 2. The second kappa shape index (κ2) is 11.7. The highest BCUT2D eigenvalue weighted by Crippen LogP contribution is 2.37. The van der Waals surface area contributed by atoms with Crippen LogP contribution in [0.2, 0.25) is 0 Å². The topological polar surface area (TPSA) is 70.1 Å². The van der Waals surface area contributed by atoms with Crippen LogP contribution in [0.4, 0.5) is 0 Å². The highest BCUT2D eigenvalue weighted by atomic mass is 16.5. The summed E-state index contributed by atoms with van der Waals surface area (Å²) in [6.07, 6.45) is 1.65. The second-order valence-electron chi connectivity index (χ2n) is 8.39. The monoisotopic (exact) mass is 462 g/mol. The summed E-state index contributed by atoms with van der Waals surface area (Å²) in [5.41, 5.74) is 1.62. The number of ether oxygens (including phenoxy) is 1. The Kier molecular flexibility index (Phi) is 8.66. The van der Waals surface area contributed by atoms with Gasteiger partial charge in [0.2, 0.25) is 0 Å². The fraction of sp³-hybridized carbons (Fsp3) is 0.357. The Morgan fingerprint density at radius 1 is 1.12 bits per heavy atom. The van der Waals surface area contributed by atoms with Crippen molar-refractivity contribution in [2.45, 2.75) is 32.7 Å². The highest BCUT2D eigenvalue weighted by molar-refractivity contribution is 6.46. The van der Waals surface area contributed by atoms with Gasteiger partial charge in [-0.25, -0.2) is 0 Å². The largest absolute Gasteiger partial charge is 0.507 e. The number of hydrogen-bond acceptors (Lipinski definition) is 5. The first kappa shape index (κ1) is 25.2. The maximum Gasteiger partial charge on any atom is 0.295 e. The summed E-state index contributed by atoms with van der Waals surface area (Å²) in [4.78, 5) is 30.2. The maximum absolute atomic E-state index is 13.2. The average molecular weight is 463 g/mol. The van der Waals surface area contributed by atoms with E-state index in [9.17, 15) is 14.7 Å². The van der Waals surface area contributed by atoms with E-state index in [4.69, 9.17) is 4.74 Å². The number of ketones is 1. The summed E-state index contributed by atoms with van der Waals surface area (Å²) in [6, 6.07) is 16.1. The Morgan fingerprint density at radius 3 is 2.35 bits per heavy atom. The third-order valence-corrected chi connectivity index (χ3v) is 6.43. The molecule has 2 atom stereocenters. The Labute approximate surface area is 202 Å². The van der Waals surface area contributed by atoms with Gasteiger partial charge in [0.15, 0.2) is 0 Å². The van der Waals surface area contributed by atoms with Crippen molar-refractivity contribution in [1.29, 1.82) is 0 Å². The summed E-state index contributed by atoms with van der Waals surface area (Å²) < 4.78 is 5.51. The van der Waals surface area contributed by atoms with Gasteiger partial charge in [0.1, 0.15) is 18.1 Å². The molecule has 1 N–H and O–H groups in total. The minimum absolute atomic E-state index is 0.153. The van der Waals surface area contributed by atoms with E-state index in [0.717, 1.165) is 18.7 Å². The molecule has 1 heterocycles. The van der Waals surface area contributed by atoms with Crippen LogP contribution in [0.1, 0.15) is 37.8 Å². The van der Waals surface area contributed by atoms with Crippen molar-refractivity contribution in [2.75, 3.05) is 32.8 Å². The molecular weight excluding hydrogens is 428 g/mol. The fourth-order valence-electron chi connectivity index (χ4n) is 4.42. The third kappa shape index (κ3) is 5.39. The number of likely N-dealkylation sites (tertiary alicyclic amines) is 1. The third-order valence-electron chi connectivity index (χ3n) is 6.43. The normalized spacial score (nSPS) is 18.4. The number of amides is 1. The molecule has 0 aromatic heterocycles. The molecule has 1 aliphatic rings. The molecule has 0 aliphatic carbocycles. The highest BCUT2D eigenvalue weighted by Gasteiger charge is 2.47. The van der Waals surface area contributed by atoms with Crippen LogP contribution in [0.15, 0.2) is 72.8 Å². The zero-order valence-electron chi connectivity index (χ0n) is 20.2. The lowest BCUT2D eigenvalue weighted by Crippen LogP contribution is -2.42. The number of carbonyl (C=O) groups is 2. The molecule has 180 valence electrons. The Hall–Kier alpha value is -3.38. The summed E-state index contributed by atoms with van der Waals surface area (Å²) in [5, 5.41) is 11.2. The van der Waals surface area contributed by atoms with E-state index < -0.39 is 17.7 Å². The molecule has 1 amide bonds. The van der Waals surface area contributed by atoms with E-state index >= 15 is 0 Å². The van der Waals surface area contributed by atoms with Gasteiger partial charge in [0.05, 0.1) is 11.6 Å². The van der Waals surface area contributed by atoms with Crippen LogP contribution in [0.3, 0.4) is 0 Å². The first-order chi connectivity index (χ1) is 16.4. The molecule has 0 radical (unpaired) electrons. The van der Waals surface area contributed by atoms with Crippen LogP contribution in [0.5, 0.6) is 5.75 Å². The van der Waals surface area contributed by atoms with Gasteiger partial charge in [-0.3, -0.25) is 9.59 Å². The molecule has 1 fully saturated rings. The fourth-order valence-corrected chi connectivity index (χ4v) is 4.42. The number of carbonyl (C=O) groups excluding carboxylic acids is 2. The van der Waals surface area contributed by atoms with E-state index in [1.54, 1.807) is 35.2 Å². The number of aliphatic hydroxyl groups is 1. The van der Waals surface area contributed by atoms with Gasteiger partial charge in [-0.05, 0) is 42.9 Å². The first-order valence-electron chi connectivity index (χ1n) is 11.8. The number of rotatable bonds is 11. The second-order valence-corrected chi connectivity index (χ2v) is 8.39. The Morgan fingerprint density at radius 2 is 1.76 bits per heavy atom. The van der Waals surface area contributed by atoms with Crippen molar-refractivity contribution < 1.29 is 19.4 Å². The predicted molar refractivity (Wildman–Crippen MR) is 135 cm³/mol. The van der Waals surface area contributed by atoms with Crippen molar-refractivity contribution in [3.8, 4) is 5.75 Å². The molecule has 0 bridgehead atoms. The number of Topliss-reactive ketones (excluding diaryl/α,β-unsaturated/α-hetero) is 1. The van der Waals surface area contributed by atoms with Crippen LogP contribution < -0.4 is 4.74 Å². The summed E-state index contributed by atoms with van der Waals surface area (Å²) in [7, 11) is 0. The molecule has 0 saturated carbocycles. The minimum Gasteiger partial charge on any atom is -0.507 e. The van der Waals surface area contributed by atoms with Gasteiger partial charge in [-0.15, -0.1) is 0 Å². The van der Waals surface area contributed by atoms with Crippen molar-refractivity contribution in [3.05, 3.63) is 84.0 Å². The molecule has 1 saturated heterocycles. The maximum atomic E-state index is 13.2. The quantitative estimate of drug-likeness (QED) is 0.231. The van der Waals surface area contributed by atoms with Crippen LogP contribution >= 0.6 is 0 Å². The van der Waals surface area contributed by atoms with Crippen molar-refractivity contribution in [1.82, 2.24) is 9.80 Å². The number of hydrogen-bond donors (Lipinski definition) is 1. The number of likely N-dealkylation sites (N-methyl/N-ethyl adjacent to an activating group) is 1. The number of benzene rings is 2. The van der Waals surface area contributed by atoms with Gasteiger partial charge >= 0.3 is 0 Å². The lowest BCUT2D eigenvalue weighted by Gasteiger charge is -2.32. The molecule has 0 spiro atoms. The summed E-state index contributed by atoms with van der Waals surface area (Å²) in [6.45, 7) is 12.9. The van der Waals surface area contributed by atoms with E-state index in [0.29, 0.717) is 31.0 Å². The molecule has 3 rings (SSSR count).